The first kappa shape index (κ1) is 14.0. The van der Waals surface area contributed by atoms with E-state index in [-0.39, 0.29) is 18.9 Å². The lowest BCUT2D eigenvalue weighted by atomic mass is 9.98. The fourth-order valence-electron chi connectivity index (χ4n) is 2.54. The van der Waals surface area contributed by atoms with Gasteiger partial charge in [0.1, 0.15) is 0 Å². The second kappa shape index (κ2) is 5.46. The zero-order valence-corrected chi connectivity index (χ0v) is 12.1. The van der Waals surface area contributed by atoms with Crippen LogP contribution >= 0.6 is 11.3 Å². The average molecular weight is 305 g/mol. The van der Waals surface area contributed by atoms with Crippen LogP contribution in [0.4, 0.5) is 0 Å². The van der Waals surface area contributed by atoms with Gasteiger partial charge >= 0.3 is 5.97 Å². The molecule has 1 aromatic carbocycles. The van der Waals surface area contributed by atoms with Gasteiger partial charge in [0.2, 0.25) is 5.91 Å². The van der Waals surface area contributed by atoms with Crippen molar-refractivity contribution in [2.24, 2.45) is 0 Å². The molecule has 0 saturated carbocycles. The van der Waals surface area contributed by atoms with Crippen molar-refractivity contribution in [3.63, 3.8) is 0 Å². The minimum absolute atomic E-state index is 0.0262. The number of carbonyl (C=O) groups is 2. The number of hydrogen-bond acceptors (Lipinski definition) is 4. The Balaban J connectivity index is 1.76. The molecule has 3 rings (SSSR count). The molecule has 5 nitrogen and oxygen atoms in total. The van der Waals surface area contributed by atoms with E-state index >= 15 is 0 Å². The van der Waals surface area contributed by atoms with Crippen LogP contribution in [0, 0.1) is 0 Å². The zero-order chi connectivity index (χ0) is 14.9. The lowest BCUT2D eigenvalue weighted by molar-refractivity contribution is -0.147. The van der Waals surface area contributed by atoms with Gasteiger partial charge in [-0.05, 0) is 22.4 Å². The van der Waals surface area contributed by atoms with E-state index in [9.17, 15) is 14.7 Å². The Morgan fingerprint density at radius 3 is 2.90 bits per heavy atom. The van der Waals surface area contributed by atoms with Crippen molar-refractivity contribution in [2.45, 2.75) is 18.4 Å². The lowest BCUT2D eigenvalue weighted by Gasteiger charge is -2.23. The lowest BCUT2D eigenvalue weighted by Crippen LogP contribution is -2.55. The third-order valence-electron chi connectivity index (χ3n) is 3.72. The van der Waals surface area contributed by atoms with Crippen molar-refractivity contribution in [1.29, 1.82) is 0 Å². The number of carboxylic acid groups (broad SMARTS) is 1. The molecule has 1 aliphatic rings. The van der Waals surface area contributed by atoms with E-state index in [2.05, 4.69) is 5.32 Å². The van der Waals surface area contributed by atoms with Crippen molar-refractivity contribution in [3.05, 3.63) is 35.2 Å². The van der Waals surface area contributed by atoms with E-state index in [0.717, 1.165) is 15.6 Å². The minimum atomic E-state index is -1.27. The number of thiophene rings is 1. The van der Waals surface area contributed by atoms with E-state index in [0.29, 0.717) is 13.0 Å². The van der Waals surface area contributed by atoms with Gasteiger partial charge in [0.15, 0.2) is 5.54 Å². The largest absolute Gasteiger partial charge is 0.479 e. The molecule has 0 spiro atoms. The van der Waals surface area contributed by atoms with Gasteiger partial charge in [-0.1, -0.05) is 18.2 Å². The van der Waals surface area contributed by atoms with Crippen LogP contribution in [0.25, 0.3) is 10.1 Å². The third-order valence-corrected chi connectivity index (χ3v) is 4.73. The SMILES string of the molecule is O=C(Cc1csc2ccccc12)NC1(C(=O)O)CCOC1. The summed E-state index contributed by atoms with van der Waals surface area (Å²) in [5, 5.41) is 14.9. The maximum absolute atomic E-state index is 12.2. The first-order chi connectivity index (χ1) is 10.1. The molecule has 1 saturated heterocycles. The molecule has 0 aliphatic carbocycles. The predicted molar refractivity (Wildman–Crippen MR) is 79.5 cm³/mol. The summed E-state index contributed by atoms with van der Waals surface area (Å²) in [6.45, 7) is 0.381. The van der Waals surface area contributed by atoms with Gasteiger partial charge in [-0.3, -0.25) is 4.79 Å². The van der Waals surface area contributed by atoms with Gasteiger partial charge in [0, 0.05) is 17.7 Å². The predicted octanol–water partition coefficient (Wildman–Crippen LogP) is 1.80. The topological polar surface area (TPSA) is 75.6 Å². The Kier molecular flexibility index (Phi) is 3.65. The number of rotatable bonds is 4. The summed E-state index contributed by atoms with van der Waals surface area (Å²) in [5.41, 5.74) is -0.351. The van der Waals surface area contributed by atoms with Crippen molar-refractivity contribution in [3.8, 4) is 0 Å². The van der Waals surface area contributed by atoms with Gasteiger partial charge in [-0.15, -0.1) is 11.3 Å². The first-order valence-electron chi connectivity index (χ1n) is 6.68. The molecule has 1 amide bonds. The molecule has 1 unspecified atom stereocenters. The number of carboxylic acids is 1. The van der Waals surface area contributed by atoms with Gasteiger partial charge in [0.25, 0.3) is 0 Å². The highest BCUT2D eigenvalue weighted by atomic mass is 32.1. The standard InChI is InChI=1S/C15H15NO4S/c17-13(16-15(14(18)19)5-6-20-9-15)7-10-8-21-12-4-2-1-3-11(10)12/h1-4,8H,5-7,9H2,(H,16,17)(H,18,19). The maximum atomic E-state index is 12.2. The molecule has 110 valence electrons. The fourth-order valence-corrected chi connectivity index (χ4v) is 3.50. The summed E-state index contributed by atoms with van der Waals surface area (Å²) < 4.78 is 6.26. The van der Waals surface area contributed by atoms with Gasteiger partial charge in [0.05, 0.1) is 13.0 Å². The quantitative estimate of drug-likeness (QED) is 0.903. The molecule has 6 heteroatoms. The van der Waals surface area contributed by atoms with Crippen LogP contribution in [0.1, 0.15) is 12.0 Å². The summed E-state index contributed by atoms with van der Waals surface area (Å²) >= 11 is 1.58. The molecule has 0 bridgehead atoms. The van der Waals surface area contributed by atoms with Gasteiger partial charge < -0.3 is 15.2 Å². The highest BCUT2D eigenvalue weighted by Gasteiger charge is 2.43. The minimum Gasteiger partial charge on any atom is -0.479 e. The van der Waals surface area contributed by atoms with Crippen LogP contribution in [0.5, 0.6) is 0 Å². The molecular formula is C15H15NO4S. The maximum Gasteiger partial charge on any atom is 0.331 e. The van der Waals surface area contributed by atoms with Gasteiger partial charge in [-0.2, -0.15) is 0 Å². The molecule has 0 radical (unpaired) electrons. The van der Waals surface area contributed by atoms with E-state index in [1.54, 1.807) is 11.3 Å². The molecule has 2 heterocycles. The molecule has 1 aliphatic heterocycles. The summed E-state index contributed by atoms with van der Waals surface area (Å²) in [7, 11) is 0. The number of hydrogen-bond donors (Lipinski definition) is 2. The number of carbonyl (C=O) groups excluding carboxylic acids is 1. The van der Waals surface area contributed by atoms with E-state index in [1.165, 1.54) is 0 Å². The van der Waals surface area contributed by atoms with Crippen LogP contribution in [-0.4, -0.2) is 35.7 Å². The molecule has 1 aromatic heterocycles. The number of aliphatic carboxylic acids is 1. The van der Waals surface area contributed by atoms with Crippen LogP contribution in [0.3, 0.4) is 0 Å². The molecule has 2 N–H and O–H groups in total. The van der Waals surface area contributed by atoms with Crippen LogP contribution in [-0.2, 0) is 20.7 Å². The Labute approximate surface area is 125 Å². The Bertz CT molecular complexity index is 688. The highest BCUT2D eigenvalue weighted by Crippen LogP contribution is 2.26. The number of amides is 1. The molecule has 1 atom stereocenters. The van der Waals surface area contributed by atoms with E-state index < -0.39 is 11.5 Å². The molecule has 21 heavy (non-hydrogen) atoms. The smallest absolute Gasteiger partial charge is 0.331 e. The third kappa shape index (κ3) is 2.64. The van der Waals surface area contributed by atoms with Crippen LogP contribution in [0.15, 0.2) is 29.6 Å². The van der Waals surface area contributed by atoms with E-state index in [4.69, 9.17) is 4.74 Å². The van der Waals surface area contributed by atoms with Gasteiger partial charge in [-0.25, -0.2) is 4.79 Å². The summed E-state index contributed by atoms with van der Waals surface area (Å²) in [6.07, 6.45) is 0.484. The molecule has 1 fully saturated rings. The van der Waals surface area contributed by atoms with Crippen LogP contribution in [0.2, 0.25) is 0 Å². The van der Waals surface area contributed by atoms with Crippen molar-refractivity contribution < 1.29 is 19.4 Å². The first-order valence-corrected chi connectivity index (χ1v) is 7.56. The Morgan fingerprint density at radius 1 is 1.38 bits per heavy atom. The zero-order valence-electron chi connectivity index (χ0n) is 11.3. The summed E-state index contributed by atoms with van der Waals surface area (Å²) in [6, 6.07) is 7.86. The van der Waals surface area contributed by atoms with Crippen molar-refractivity contribution in [2.75, 3.05) is 13.2 Å². The Morgan fingerprint density at radius 2 is 2.19 bits per heavy atom. The second-order valence-corrected chi connectivity index (χ2v) is 6.08. The number of fused-ring (bicyclic) bond motifs is 1. The molecular weight excluding hydrogens is 290 g/mol. The number of ether oxygens (including phenoxy) is 1. The Hall–Kier alpha value is -1.92. The molecule has 2 aromatic rings. The highest BCUT2D eigenvalue weighted by molar-refractivity contribution is 7.17. The second-order valence-electron chi connectivity index (χ2n) is 5.17. The van der Waals surface area contributed by atoms with Crippen molar-refractivity contribution in [1.82, 2.24) is 5.32 Å². The number of benzene rings is 1. The average Bonchev–Trinajstić information content (AvgIpc) is 3.08. The number of nitrogens with one attached hydrogen (secondary N) is 1. The van der Waals surface area contributed by atoms with E-state index in [1.807, 2.05) is 29.6 Å². The van der Waals surface area contributed by atoms with Crippen molar-refractivity contribution >= 4 is 33.3 Å². The summed E-state index contributed by atoms with van der Waals surface area (Å²) in [4.78, 5) is 23.6. The summed E-state index contributed by atoms with van der Waals surface area (Å²) in [5.74, 6) is -1.32. The monoisotopic (exact) mass is 305 g/mol. The normalized spacial score (nSPS) is 21.5. The fraction of sp³-hybridized carbons (Fsp3) is 0.333. The van der Waals surface area contributed by atoms with Crippen LogP contribution < -0.4 is 5.32 Å².